The fraction of sp³-hybridized carbons (Fsp3) is 0.526. The molecule has 1 aromatic carbocycles. The van der Waals surface area contributed by atoms with Crippen LogP contribution >= 0.6 is 11.6 Å². The fourth-order valence-corrected chi connectivity index (χ4v) is 3.72. The van der Waals surface area contributed by atoms with Crippen molar-refractivity contribution < 1.29 is 14.2 Å². The van der Waals surface area contributed by atoms with Crippen LogP contribution in [0.15, 0.2) is 24.5 Å². The number of imidazole rings is 1. The average Bonchev–Trinajstić information content (AvgIpc) is 3.14. The summed E-state index contributed by atoms with van der Waals surface area (Å²) in [5.74, 6) is 2.17. The molecule has 0 radical (unpaired) electrons. The number of benzene rings is 1. The zero-order valence-electron chi connectivity index (χ0n) is 15.5. The van der Waals surface area contributed by atoms with Gasteiger partial charge in [-0.2, -0.15) is 0 Å². The molecule has 1 saturated heterocycles. The molecule has 6 nitrogen and oxygen atoms in total. The molecule has 0 aliphatic carbocycles. The van der Waals surface area contributed by atoms with Gasteiger partial charge in [0.05, 0.1) is 19.2 Å². The monoisotopic (exact) mass is 379 g/mol. The summed E-state index contributed by atoms with van der Waals surface area (Å²) in [6.07, 6.45) is 5.87. The van der Waals surface area contributed by atoms with Gasteiger partial charge in [-0.25, -0.2) is 4.98 Å². The lowest BCUT2D eigenvalue weighted by atomic mass is 10.0. The molecule has 2 atom stereocenters. The van der Waals surface area contributed by atoms with Crippen molar-refractivity contribution in [2.75, 3.05) is 20.8 Å². The lowest BCUT2D eigenvalue weighted by Crippen LogP contribution is -2.40. The van der Waals surface area contributed by atoms with Crippen molar-refractivity contribution in [2.24, 2.45) is 0 Å². The predicted molar refractivity (Wildman–Crippen MR) is 101 cm³/mol. The van der Waals surface area contributed by atoms with E-state index >= 15 is 0 Å². The van der Waals surface area contributed by atoms with Crippen LogP contribution in [0.4, 0.5) is 0 Å². The van der Waals surface area contributed by atoms with E-state index in [0.29, 0.717) is 23.1 Å². The molecule has 26 heavy (non-hydrogen) atoms. The minimum Gasteiger partial charge on any atom is -0.493 e. The molecule has 142 valence electrons. The van der Waals surface area contributed by atoms with Gasteiger partial charge in [-0.1, -0.05) is 11.6 Å². The van der Waals surface area contributed by atoms with Crippen LogP contribution in [0.25, 0.3) is 0 Å². The van der Waals surface area contributed by atoms with Crippen LogP contribution in [0, 0.1) is 0 Å². The Labute approximate surface area is 159 Å². The van der Waals surface area contributed by atoms with Gasteiger partial charge in [-0.3, -0.25) is 0 Å². The minimum atomic E-state index is -0.0469. The summed E-state index contributed by atoms with van der Waals surface area (Å²) in [4.78, 5) is 4.52. The summed E-state index contributed by atoms with van der Waals surface area (Å²) < 4.78 is 18.9. The summed E-state index contributed by atoms with van der Waals surface area (Å²) in [6.45, 7) is 4.42. The highest BCUT2D eigenvalue weighted by molar-refractivity contribution is 6.32. The molecule has 1 aromatic heterocycles. The Balaban J connectivity index is 1.74. The van der Waals surface area contributed by atoms with E-state index in [1.807, 2.05) is 24.5 Å². The fourth-order valence-electron chi connectivity index (χ4n) is 3.41. The first kappa shape index (κ1) is 19.0. The number of hydrogen-bond donors (Lipinski definition) is 1. The van der Waals surface area contributed by atoms with Gasteiger partial charge in [0.1, 0.15) is 11.9 Å². The molecule has 3 rings (SSSR count). The van der Waals surface area contributed by atoms with E-state index in [2.05, 4.69) is 21.8 Å². The summed E-state index contributed by atoms with van der Waals surface area (Å²) in [5.41, 5.74) is 1.04. The summed E-state index contributed by atoms with van der Waals surface area (Å²) in [5, 5.41) is 4.15. The number of ether oxygens (including phenoxy) is 3. The number of nitrogens with one attached hydrogen (secondary N) is 1. The van der Waals surface area contributed by atoms with Crippen LogP contribution in [0.1, 0.15) is 37.3 Å². The zero-order valence-corrected chi connectivity index (χ0v) is 16.3. The van der Waals surface area contributed by atoms with E-state index in [1.165, 1.54) is 0 Å². The molecule has 0 unspecified atom stereocenters. The van der Waals surface area contributed by atoms with Crippen molar-refractivity contribution in [1.29, 1.82) is 0 Å². The predicted octanol–water partition coefficient (Wildman–Crippen LogP) is 3.58. The van der Waals surface area contributed by atoms with Crippen LogP contribution in [-0.4, -0.2) is 36.4 Å². The molecule has 0 bridgehead atoms. The average molecular weight is 380 g/mol. The molecule has 7 heteroatoms. The van der Waals surface area contributed by atoms with Crippen molar-refractivity contribution in [3.8, 4) is 11.5 Å². The summed E-state index contributed by atoms with van der Waals surface area (Å²) in [7, 11) is 3.20. The molecule has 0 saturated carbocycles. The molecule has 1 aliphatic heterocycles. The van der Waals surface area contributed by atoms with Gasteiger partial charge >= 0.3 is 0 Å². The third-order valence-electron chi connectivity index (χ3n) is 4.73. The Bertz CT molecular complexity index is 735. The number of aryl methyl sites for hydroxylation is 1. The van der Waals surface area contributed by atoms with Gasteiger partial charge in [-0.05, 0) is 37.5 Å². The molecule has 1 aliphatic rings. The van der Waals surface area contributed by atoms with Gasteiger partial charge in [0.2, 0.25) is 0 Å². The van der Waals surface area contributed by atoms with E-state index < -0.39 is 0 Å². The maximum Gasteiger partial charge on any atom is 0.179 e. The van der Waals surface area contributed by atoms with Crippen molar-refractivity contribution in [2.45, 2.75) is 45.0 Å². The minimum absolute atomic E-state index is 0.0469. The number of aromatic nitrogens is 2. The van der Waals surface area contributed by atoms with Crippen LogP contribution in [-0.2, 0) is 17.8 Å². The molecule has 1 N–H and O–H groups in total. The number of methoxy groups -OCH3 is 2. The Morgan fingerprint density at radius 3 is 2.92 bits per heavy atom. The standard InChI is InChI=1S/C19H26ClN3O3/c1-4-23-8-7-21-19(23)18-15(6-5-9-26-18)22-12-13-10-14(20)17(25-3)16(11-13)24-2/h7-8,10-11,15,18,22H,4-6,9,12H2,1-3H3/t15-,18-/m0/s1. The first-order chi connectivity index (χ1) is 12.7. The van der Waals surface area contributed by atoms with Gasteiger partial charge in [0.25, 0.3) is 0 Å². The van der Waals surface area contributed by atoms with Gasteiger partial charge < -0.3 is 24.1 Å². The molecular weight excluding hydrogens is 354 g/mol. The molecule has 0 amide bonds. The number of halogens is 1. The number of hydrogen-bond acceptors (Lipinski definition) is 5. The second-order valence-corrected chi connectivity index (χ2v) is 6.71. The molecule has 1 fully saturated rings. The van der Waals surface area contributed by atoms with E-state index in [1.54, 1.807) is 14.2 Å². The molecular formula is C19H26ClN3O3. The first-order valence-corrected chi connectivity index (χ1v) is 9.32. The van der Waals surface area contributed by atoms with Crippen LogP contribution in [0.3, 0.4) is 0 Å². The van der Waals surface area contributed by atoms with Crippen molar-refractivity contribution in [3.63, 3.8) is 0 Å². The Kier molecular flexibility index (Phi) is 6.40. The molecule has 2 aromatic rings. The third-order valence-corrected chi connectivity index (χ3v) is 5.01. The Morgan fingerprint density at radius 2 is 2.19 bits per heavy atom. The van der Waals surface area contributed by atoms with E-state index in [-0.39, 0.29) is 12.1 Å². The Morgan fingerprint density at radius 1 is 1.35 bits per heavy atom. The highest BCUT2D eigenvalue weighted by Gasteiger charge is 2.30. The first-order valence-electron chi connectivity index (χ1n) is 8.94. The topological polar surface area (TPSA) is 57.5 Å². The van der Waals surface area contributed by atoms with E-state index in [4.69, 9.17) is 25.8 Å². The maximum atomic E-state index is 6.31. The quantitative estimate of drug-likeness (QED) is 0.796. The van der Waals surface area contributed by atoms with Crippen molar-refractivity contribution in [1.82, 2.24) is 14.9 Å². The van der Waals surface area contributed by atoms with Crippen LogP contribution in [0.5, 0.6) is 11.5 Å². The second-order valence-electron chi connectivity index (χ2n) is 6.31. The zero-order chi connectivity index (χ0) is 18.5. The van der Waals surface area contributed by atoms with E-state index in [9.17, 15) is 0 Å². The number of rotatable bonds is 7. The highest BCUT2D eigenvalue weighted by Crippen LogP contribution is 2.36. The molecule has 0 spiro atoms. The number of nitrogens with zero attached hydrogens (tertiary/aromatic N) is 2. The van der Waals surface area contributed by atoms with Crippen LogP contribution in [0.2, 0.25) is 5.02 Å². The van der Waals surface area contributed by atoms with Crippen LogP contribution < -0.4 is 14.8 Å². The van der Waals surface area contributed by atoms with Gasteiger partial charge in [0, 0.05) is 38.1 Å². The normalized spacial score (nSPS) is 20.2. The lowest BCUT2D eigenvalue weighted by Gasteiger charge is -2.32. The maximum absolute atomic E-state index is 6.31. The van der Waals surface area contributed by atoms with Gasteiger partial charge in [-0.15, -0.1) is 0 Å². The molecule has 2 heterocycles. The van der Waals surface area contributed by atoms with E-state index in [0.717, 1.165) is 37.4 Å². The summed E-state index contributed by atoms with van der Waals surface area (Å²) in [6, 6.07) is 4.05. The van der Waals surface area contributed by atoms with Gasteiger partial charge in [0.15, 0.2) is 11.5 Å². The largest absolute Gasteiger partial charge is 0.493 e. The Hall–Kier alpha value is -1.76. The second kappa shape index (κ2) is 8.75. The van der Waals surface area contributed by atoms with Crippen molar-refractivity contribution >= 4 is 11.6 Å². The lowest BCUT2D eigenvalue weighted by molar-refractivity contribution is -0.0182. The van der Waals surface area contributed by atoms with Crippen molar-refractivity contribution in [3.05, 3.63) is 40.9 Å². The smallest absolute Gasteiger partial charge is 0.179 e. The highest BCUT2D eigenvalue weighted by atomic mass is 35.5. The summed E-state index contributed by atoms with van der Waals surface area (Å²) >= 11 is 6.31. The third kappa shape index (κ3) is 3.98. The SMILES string of the molecule is CCn1ccnc1[C@H]1OCCC[C@@H]1NCc1cc(Cl)c(OC)c(OC)c1.